The molecule has 9 nitrogen and oxygen atoms in total. The number of amides is 1. The highest BCUT2D eigenvalue weighted by Crippen LogP contribution is 2.54. The molecule has 3 heterocycles. The van der Waals surface area contributed by atoms with Crippen molar-refractivity contribution in [2.75, 3.05) is 11.4 Å². The van der Waals surface area contributed by atoms with Gasteiger partial charge in [0.05, 0.1) is 53.6 Å². The molecule has 1 saturated carbocycles. The van der Waals surface area contributed by atoms with Gasteiger partial charge in [0.1, 0.15) is 11.2 Å². The monoisotopic (exact) mass is 488 g/mol. The maximum atomic E-state index is 13.1. The summed E-state index contributed by atoms with van der Waals surface area (Å²) in [4.78, 5) is 27.9. The Labute approximate surface area is 210 Å². The molecule has 1 spiro atoms. The minimum Gasteiger partial charge on any atom is -0.441 e. The molecule has 0 radical (unpaired) electrons. The maximum absolute atomic E-state index is 13.1. The van der Waals surface area contributed by atoms with Crippen LogP contribution in [0, 0.1) is 22.2 Å². The second-order valence-electron chi connectivity index (χ2n) is 12.1. The summed E-state index contributed by atoms with van der Waals surface area (Å²) in [6.07, 6.45) is 6.82. The Morgan fingerprint density at radius 3 is 2.58 bits per heavy atom. The predicted molar refractivity (Wildman–Crippen MR) is 134 cm³/mol. The van der Waals surface area contributed by atoms with E-state index in [4.69, 9.17) is 4.74 Å². The van der Waals surface area contributed by atoms with E-state index in [0.29, 0.717) is 36.6 Å². The number of nitriles is 1. The Hall–Kier alpha value is -3.51. The minimum atomic E-state index is -1.11. The number of aromatic nitrogens is 4. The highest BCUT2D eigenvalue weighted by Gasteiger charge is 2.56. The molecule has 2 aromatic heterocycles. The summed E-state index contributed by atoms with van der Waals surface area (Å²) in [5.41, 5.74) is 0.823. The average Bonchev–Trinajstić information content (AvgIpc) is 3.30. The number of benzene rings is 1. The zero-order valence-corrected chi connectivity index (χ0v) is 21.4. The summed E-state index contributed by atoms with van der Waals surface area (Å²) in [5, 5.41) is 19.5. The lowest BCUT2D eigenvalue weighted by atomic mass is 9.58. The van der Waals surface area contributed by atoms with Crippen LogP contribution in [0.2, 0.25) is 0 Å². The van der Waals surface area contributed by atoms with E-state index in [9.17, 15) is 15.2 Å². The van der Waals surface area contributed by atoms with Gasteiger partial charge in [-0.3, -0.25) is 9.88 Å². The van der Waals surface area contributed by atoms with E-state index < -0.39 is 17.3 Å². The lowest BCUT2D eigenvalue weighted by molar-refractivity contribution is -0.0747. The fraction of sp³-hybridized carbons (Fsp3) is 0.519. The van der Waals surface area contributed by atoms with Crippen molar-refractivity contribution in [2.45, 2.75) is 71.6 Å². The van der Waals surface area contributed by atoms with Crippen molar-refractivity contribution in [2.24, 2.45) is 10.8 Å². The molecule has 2 fully saturated rings. The molecular weight excluding hydrogens is 456 g/mol. The predicted octanol–water partition coefficient (Wildman–Crippen LogP) is 4.54. The van der Waals surface area contributed by atoms with Crippen LogP contribution in [0.5, 0.6) is 0 Å². The van der Waals surface area contributed by atoms with Crippen LogP contribution in [0.1, 0.15) is 65.1 Å². The van der Waals surface area contributed by atoms with E-state index in [-0.39, 0.29) is 10.8 Å². The Balaban J connectivity index is 1.43. The van der Waals surface area contributed by atoms with Gasteiger partial charge in [-0.2, -0.15) is 5.26 Å². The zero-order chi connectivity index (χ0) is 25.9. The zero-order valence-electron chi connectivity index (χ0n) is 21.4. The van der Waals surface area contributed by atoms with Crippen LogP contribution in [0.3, 0.4) is 0 Å². The molecule has 1 aliphatic heterocycles. The van der Waals surface area contributed by atoms with Crippen molar-refractivity contribution in [3.8, 4) is 6.07 Å². The number of hydrogen-bond donors (Lipinski definition) is 1. The van der Waals surface area contributed by atoms with E-state index in [1.165, 1.54) is 12.4 Å². The molecule has 2 aliphatic rings. The number of nitrogens with zero attached hydrogens (tertiary/aromatic N) is 6. The average molecular weight is 489 g/mol. The Morgan fingerprint density at radius 1 is 1.14 bits per heavy atom. The minimum absolute atomic E-state index is 0.0616. The van der Waals surface area contributed by atoms with E-state index in [1.54, 1.807) is 24.8 Å². The first-order valence-electron chi connectivity index (χ1n) is 12.2. The molecule has 5 rings (SSSR count). The van der Waals surface area contributed by atoms with Crippen molar-refractivity contribution in [1.29, 1.82) is 5.26 Å². The Bertz CT molecular complexity index is 1370. The molecule has 3 aromatic rings. The van der Waals surface area contributed by atoms with Gasteiger partial charge in [-0.15, -0.1) is 0 Å². The lowest BCUT2D eigenvalue weighted by Gasteiger charge is -2.50. The second kappa shape index (κ2) is 8.00. The molecular formula is C27H32N6O3. The molecule has 1 aliphatic carbocycles. The van der Waals surface area contributed by atoms with Crippen molar-refractivity contribution in [1.82, 2.24) is 19.5 Å². The van der Waals surface area contributed by atoms with Crippen molar-refractivity contribution in [3.05, 3.63) is 48.2 Å². The largest absolute Gasteiger partial charge is 0.441 e. The number of imidazole rings is 1. The van der Waals surface area contributed by atoms with Crippen LogP contribution >= 0.6 is 0 Å². The van der Waals surface area contributed by atoms with Gasteiger partial charge in [-0.25, -0.2) is 14.8 Å². The molecule has 1 aromatic carbocycles. The molecule has 9 heteroatoms. The van der Waals surface area contributed by atoms with Crippen LogP contribution in [-0.4, -0.2) is 42.9 Å². The number of anilines is 1. The molecule has 2 atom stereocenters. The SMILES string of the molecule is CC1(C)C[C@](C)(Cn2cnc3ccc(C#N)cc32)C[C@@]2(CN(c3cnc(C(C)(C)O)cn3)C(=O)O2)C1. The van der Waals surface area contributed by atoms with E-state index >= 15 is 0 Å². The number of carbonyl (C=O) groups is 1. The quantitative estimate of drug-likeness (QED) is 0.573. The standard InChI is InChI=1S/C27H32N6O3/c1-24(2)12-26(5,15-32-17-31-19-7-6-18(9-28)8-20(19)32)14-27(13-24)16-33(23(34)36-27)22-11-29-21(10-30-22)25(3,4)35/h6-8,10-11,17,35H,12-16H2,1-5H3/t26-,27+/m0/s1. The summed E-state index contributed by atoms with van der Waals surface area (Å²) in [6.45, 7) is 11.1. The van der Waals surface area contributed by atoms with Crippen molar-refractivity contribution < 1.29 is 14.6 Å². The van der Waals surface area contributed by atoms with Gasteiger partial charge < -0.3 is 14.4 Å². The summed E-state index contributed by atoms with van der Waals surface area (Å²) < 4.78 is 8.24. The van der Waals surface area contributed by atoms with Crippen LogP contribution in [-0.2, 0) is 16.9 Å². The van der Waals surface area contributed by atoms with Gasteiger partial charge in [0.25, 0.3) is 0 Å². The molecule has 188 valence electrons. The van der Waals surface area contributed by atoms with Gasteiger partial charge >= 0.3 is 6.09 Å². The lowest BCUT2D eigenvalue weighted by Crippen LogP contribution is -2.50. The van der Waals surface area contributed by atoms with E-state index in [0.717, 1.165) is 23.9 Å². The fourth-order valence-corrected chi connectivity index (χ4v) is 6.53. The number of hydrogen-bond acceptors (Lipinski definition) is 7. The topological polar surface area (TPSA) is 117 Å². The second-order valence-corrected chi connectivity index (χ2v) is 12.1. The van der Waals surface area contributed by atoms with Crippen LogP contribution in [0.25, 0.3) is 11.0 Å². The third kappa shape index (κ3) is 4.42. The van der Waals surface area contributed by atoms with Gasteiger partial charge in [0.15, 0.2) is 5.82 Å². The van der Waals surface area contributed by atoms with Gasteiger partial charge in [0.2, 0.25) is 0 Å². The number of fused-ring (bicyclic) bond motifs is 1. The number of ether oxygens (including phenoxy) is 1. The molecule has 0 unspecified atom stereocenters. The van der Waals surface area contributed by atoms with Gasteiger partial charge in [-0.05, 0) is 62.1 Å². The summed E-state index contributed by atoms with van der Waals surface area (Å²) in [7, 11) is 0. The highest BCUT2D eigenvalue weighted by atomic mass is 16.6. The maximum Gasteiger partial charge on any atom is 0.416 e. The first kappa shape index (κ1) is 24.2. The molecule has 1 N–H and O–H groups in total. The summed E-state index contributed by atoms with van der Waals surface area (Å²) in [6, 6.07) is 7.74. The van der Waals surface area contributed by atoms with Gasteiger partial charge in [0, 0.05) is 6.54 Å². The van der Waals surface area contributed by atoms with Crippen molar-refractivity contribution >= 4 is 22.9 Å². The summed E-state index contributed by atoms with van der Waals surface area (Å²) in [5.74, 6) is 0.416. The summed E-state index contributed by atoms with van der Waals surface area (Å²) >= 11 is 0. The third-order valence-electron chi connectivity index (χ3n) is 7.27. The van der Waals surface area contributed by atoms with E-state index in [2.05, 4.69) is 46.4 Å². The molecule has 1 amide bonds. The number of rotatable bonds is 4. The normalized spacial score (nSPS) is 25.8. The van der Waals surface area contributed by atoms with E-state index in [1.807, 2.05) is 18.5 Å². The number of carbonyl (C=O) groups excluding carboxylic acids is 1. The van der Waals surface area contributed by atoms with Crippen molar-refractivity contribution in [3.63, 3.8) is 0 Å². The Kier molecular flexibility index (Phi) is 5.38. The first-order chi connectivity index (χ1) is 16.8. The van der Waals surface area contributed by atoms with Crippen LogP contribution in [0.4, 0.5) is 10.6 Å². The third-order valence-corrected chi connectivity index (χ3v) is 7.27. The smallest absolute Gasteiger partial charge is 0.416 e. The number of aliphatic hydroxyl groups is 1. The molecule has 1 saturated heterocycles. The first-order valence-corrected chi connectivity index (χ1v) is 12.2. The highest BCUT2D eigenvalue weighted by molar-refractivity contribution is 5.89. The fourth-order valence-electron chi connectivity index (χ4n) is 6.53. The Morgan fingerprint density at radius 2 is 1.92 bits per heavy atom. The van der Waals surface area contributed by atoms with Crippen LogP contribution in [0.15, 0.2) is 36.9 Å². The molecule has 0 bridgehead atoms. The molecule has 36 heavy (non-hydrogen) atoms. The van der Waals surface area contributed by atoms with Crippen LogP contribution < -0.4 is 4.90 Å². The van der Waals surface area contributed by atoms with Gasteiger partial charge in [-0.1, -0.05) is 20.8 Å².